The summed E-state index contributed by atoms with van der Waals surface area (Å²) < 4.78 is 13.0. The van der Waals surface area contributed by atoms with E-state index in [1.54, 1.807) is 7.11 Å². The van der Waals surface area contributed by atoms with Gasteiger partial charge in [-0.25, -0.2) is 4.98 Å². The van der Waals surface area contributed by atoms with Gasteiger partial charge < -0.3 is 13.9 Å². The summed E-state index contributed by atoms with van der Waals surface area (Å²) in [6, 6.07) is 3.89. The average Bonchev–Trinajstić information content (AvgIpc) is 2.80. The van der Waals surface area contributed by atoms with Gasteiger partial charge in [-0.1, -0.05) is 0 Å². The van der Waals surface area contributed by atoms with Gasteiger partial charge in [0.1, 0.15) is 11.4 Å². The molecular weight excluding hydrogens is 228 g/mol. The normalized spacial score (nSPS) is 20.2. The molecule has 0 N–H and O–H groups in total. The molecule has 0 radical (unpaired) electrons. The lowest BCUT2D eigenvalue weighted by atomic mass is 10.1. The first-order valence-electron chi connectivity index (χ1n) is 6.48. The quantitative estimate of drug-likeness (QED) is 0.834. The largest absolute Gasteiger partial charge is 0.497 e. The van der Waals surface area contributed by atoms with E-state index in [4.69, 9.17) is 9.47 Å². The highest BCUT2D eigenvalue weighted by atomic mass is 16.5. The fraction of sp³-hybridized carbons (Fsp3) is 0.500. The second-order valence-corrected chi connectivity index (χ2v) is 4.76. The van der Waals surface area contributed by atoms with Crippen molar-refractivity contribution in [1.82, 2.24) is 9.38 Å². The van der Waals surface area contributed by atoms with Crippen molar-refractivity contribution in [3.8, 4) is 5.75 Å². The molecule has 1 aliphatic heterocycles. The molecular formula is C14H18N2O2. The van der Waals surface area contributed by atoms with Crippen molar-refractivity contribution in [2.45, 2.75) is 31.8 Å². The molecule has 4 nitrogen and oxygen atoms in total. The SMILES string of the molecule is COc1ccn2cc(CC3CCCCO3)nc2c1. The molecule has 1 aliphatic rings. The Hall–Kier alpha value is -1.55. The van der Waals surface area contributed by atoms with Gasteiger partial charge >= 0.3 is 0 Å². The summed E-state index contributed by atoms with van der Waals surface area (Å²) in [5.74, 6) is 0.841. The molecule has 18 heavy (non-hydrogen) atoms. The number of methoxy groups -OCH3 is 1. The second kappa shape index (κ2) is 4.98. The molecule has 4 heteroatoms. The van der Waals surface area contributed by atoms with Gasteiger partial charge in [0.25, 0.3) is 0 Å². The lowest BCUT2D eigenvalue weighted by Gasteiger charge is -2.21. The first kappa shape index (κ1) is 11.5. The summed E-state index contributed by atoms with van der Waals surface area (Å²) in [5, 5.41) is 0. The summed E-state index contributed by atoms with van der Waals surface area (Å²) in [7, 11) is 1.67. The third kappa shape index (κ3) is 2.34. The predicted octanol–water partition coefficient (Wildman–Crippen LogP) is 2.45. The minimum Gasteiger partial charge on any atom is -0.497 e. The maximum Gasteiger partial charge on any atom is 0.140 e. The minimum atomic E-state index is 0.338. The Kier molecular flexibility index (Phi) is 3.19. The van der Waals surface area contributed by atoms with Crippen molar-refractivity contribution < 1.29 is 9.47 Å². The highest BCUT2D eigenvalue weighted by Gasteiger charge is 2.16. The summed E-state index contributed by atoms with van der Waals surface area (Å²) in [6.45, 7) is 0.895. The van der Waals surface area contributed by atoms with Crippen LogP contribution in [0.15, 0.2) is 24.5 Å². The Balaban J connectivity index is 1.79. The fourth-order valence-electron chi connectivity index (χ4n) is 2.44. The van der Waals surface area contributed by atoms with Crippen molar-refractivity contribution in [3.05, 3.63) is 30.2 Å². The summed E-state index contributed by atoms with van der Waals surface area (Å²) >= 11 is 0. The summed E-state index contributed by atoms with van der Waals surface area (Å²) in [6.07, 6.45) is 8.91. The van der Waals surface area contributed by atoms with E-state index in [0.717, 1.165) is 36.5 Å². The van der Waals surface area contributed by atoms with Crippen molar-refractivity contribution in [2.24, 2.45) is 0 Å². The number of ether oxygens (including phenoxy) is 2. The van der Waals surface area contributed by atoms with E-state index in [1.807, 2.05) is 22.7 Å². The van der Waals surface area contributed by atoms with Crippen molar-refractivity contribution >= 4 is 5.65 Å². The third-order valence-corrected chi connectivity index (χ3v) is 3.43. The molecule has 96 valence electrons. The Morgan fingerprint density at radius 1 is 1.50 bits per heavy atom. The first-order valence-corrected chi connectivity index (χ1v) is 6.48. The molecule has 1 saturated heterocycles. The van der Waals surface area contributed by atoms with Gasteiger partial charge in [0.15, 0.2) is 0 Å². The number of aromatic nitrogens is 2. The number of hydrogen-bond donors (Lipinski definition) is 0. The van der Waals surface area contributed by atoms with E-state index in [0.29, 0.717) is 6.10 Å². The van der Waals surface area contributed by atoms with Crippen molar-refractivity contribution in [3.63, 3.8) is 0 Å². The molecule has 0 spiro atoms. The van der Waals surface area contributed by atoms with Gasteiger partial charge in [-0.3, -0.25) is 0 Å². The molecule has 2 aromatic heterocycles. The van der Waals surface area contributed by atoms with Crippen LogP contribution in [0.1, 0.15) is 25.0 Å². The Labute approximate surface area is 107 Å². The monoisotopic (exact) mass is 246 g/mol. The van der Waals surface area contributed by atoms with Crippen LogP contribution in [-0.2, 0) is 11.2 Å². The number of pyridine rings is 1. The van der Waals surface area contributed by atoms with Gasteiger partial charge in [0.2, 0.25) is 0 Å². The minimum absolute atomic E-state index is 0.338. The predicted molar refractivity (Wildman–Crippen MR) is 69.0 cm³/mol. The Morgan fingerprint density at radius 2 is 2.44 bits per heavy atom. The second-order valence-electron chi connectivity index (χ2n) is 4.76. The van der Waals surface area contributed by atoms with Gasteiger partial charge in [0.05, 0.1) is 18.9 Å². The van der Waals surface area contributed by atoms with Crippen molar-refractivity contribution in [2.75, 3.05) is 13.7 Å². The number of hydrogen-bond acceptors (Lipinski definition) is 3. The first-order chi connectivity index (χ1) is 8.85. The number of rotatable bonds is 3. The molecule has 0 aromatic carbocycles. The van der Waals surface area contributed by atoms with Crippen LogP contribution < -0.4 is 4.74 Å². The molecule has 3 rings (SSSR count). The zero-order chi connectivity index (χ0) is 12.4. The van der Waals surface area contributed by atoms with Crippen LogP contribution in [0.25, 0.3) is 5.65 Å². The van der Waals surface area contributed by atoms with E-state index in [-0.39, 0.29) is 0 Å². The third-order valence-electron chi connectivity index (χ3n) is 3.43. The molecule has 1 unspecified atom stereocenters. The van der Waals surface area contributed by atoms with Crippen LogP contribution in [0.4, 0.5) is 0 Å². The van der Waals surface area contributed by atoms with Crippen LogP contribution in [0.2, 0.25) is 0 Å². The average molecular weight is 246 g/mol. The number of nitrogens with zero attached hydrogens (tertiary/aromatic N) is 2. The highest BCUT2D eigenvalue weighted by Crippen LogP contribution is 2.19. The van der Waals surface area contributed by atoms with E-state index in [9.17, 15) is 0 Å². The fourth-order valence-corrected chi connectivity index (χ4v) is 2.44. The van der Waals surface area contributed by atoms with Crippen molar-refractivity contribution in [1.29, 1.82) is 0 Å². The molecule has 3 heterocycles. The maximum atomic E-state index is 5.75. The van der Waals surface area contributed by atoms with Crippen LogP contribution >= 0.6 is 0 Å². The number of imidazole rings is 1. The molecule has 0 aliphatic carbocycles. The number of fused-ring (bicyclic) bond motifs is 1. The molecule has 0 bridgehead atoms. The molecule has 0 amide bonds. The zero-order valence-electron chi connectivity index (χ0n) is 10.6. The van der Waals surface area contributed by atoms with Crippen LogP contribution in [0.5, 0.6) is 5.75 Å². The van der Waals surface area contributed by atoms with Crippen LogP contribution in [-0.4, -0.2) is 29.2 Å². The maximum absolute atomic E-state index is 5.75. The smallest absolute Gasteiger partial charge is 0.140 e. The van der Waals surface area contributed by atoms with Gasteiger partial charge in [-0.15, -0.1) is 0 Å². The highest BCUT2D eigenvalue weighted by molar-refractivity contribution is 5.45. The molecule has 2 aromatic rings. The Bertz CT molecular complexity index is 530. The lowest BCUT2D eigenvalue weighted by molar-refractivity contribution is 0.0163. The van der Waals surface area contributed by atoms with Gasteiger partial charge in [-0.05, 0) is 25.3 Å². The van der Waals surface area contributed by atoms with Crippen LogP contribution in [0, 0.1) is 0 Å². The Morgan fingerprint density at radius 3 is 3.22 bits per heavy atom. The van der Waals surface area contributed by atoms with Crippen LogP contribution in [0.3, 0.4) is 0 Å². The van der Waals surface area contributed by atoms with E-state index >= 15 is 0 Å². The van der Waals surface area contributed by atoms with Gasteiger partial charge in [-0.2, -0.15) is 0 Å². The molecule has 1 atom stereocenters. The summed E-state index contributed by atoms with van der Waals surface area (Å²) in [4.78, 5) is 4.62. The molecule has 1 fully saturated rings. The van der Waals surface area contributed by atoms with Gasteiger partial charge in [0, 0.05) is 31.5 Å². The van der Waals surface area contributed by atoms with E-state index in [2.05, 4.69) is 11.2 Å². The van der Waals surface area contributed by atoms with E-state index < -0.39 is 0 Å². The lowest BCUT2D eigenvalue weighted by Crippen LogP contribution is -2.21. The molecule has 0 saturated carbocycles. The summed E-state index contributed by atoms with van der Waals surface area (Å²) in [5.41, 5.74) is 2.02. The van der Waals surface area contributed by atoms with E-state index in [1.165, 1.54) is 12.8 Å². The topological polar surface area (TPSA) is 35.8 Å². The standard InChI is InChI=1S/C14H18N2O2/c1-17-12-5-6-16-10-11(15-14(16)9-12)8-13-4-2-3-7-18-13/h5-6,9-10,13H,2-4,7-8H2,1H3. The zero-order valence-corrected chi connectivity index (χ0v) is 10.6.